The average molecular weight is 357 g/mol. The van der Waals surface area contributed by atoms with Crippen molar-refractivity contribution < 1.29 is 9.59 Å². The maximum Gasteiger partial charge on any atom is 0.270 e. The molecule has 0 unspecified atom stereocenters. The van der Waals surface area contributed by atoms with Gasteiger partial charge in [0.05, 0.1) is 0 Å². The van der Waals surface area contributed by atoms with Gasteiger partial charge in [0.25, 0.3) is 5.91 Å². The van der Waals surface area contributed by atoms with E-state index in [2.05, 4.69) is 11.9 Å². The lowest BCUT2D eigenvalue weighted by Crippen LogP contribution is -2.38. The zero-order valence-electron chi connectivity index (χ0n) is 15.6. The Morgan fingerprint density at radius 1 is 1.12 bits per heavy atom. The monoisotopic (exact) mass is 357 g/mol. The third-order valence-electron chi connectivity index (χ3n) is 4.98. The van der Waals surface area contributed by atoms with Crippen molar-refractivity contribution in [3.05, 3.63) is 42.2 Å². The molecule has 2 amide bonds. The largest absolute Gasteiger partial charge is 0.347 e. The first-order valence-electron chi connectivity index (χ1n) is 9.28. The minimum absolute atomic E-state index is 0.0396. The topological polar surface area (TPSA) is 63.4 Å². The predicted molar refractivity (Wildman–Crippen MR) is 98.7 cm³/mol. The van der Waals surface area contributed by atoms with Crippen molar-refractivity contribution in [2.45, 2.75) is 32.7 Å². The first kappa shape index (κ1) is 18.2. The van der Waals surface area contributed by atoms with Crippen LogP contribution in [-0.4, -0.2) is 61.9 Å². The number of imidazole rings is 1. The second-order valence-electron chi connectivity index (χ2n) is 6.67. The highest BCUT2D eigenvalue weighted by atomic mass is 16.2. The van der Waals surface area contributed by atoms with Crippen LogP contribution in [0.2, 0.25) is 0 Å². The lowest BCUT2D eigenvalue weighted by molar-refractivity contribution is -0.131. The highest BCUT2D eigenvalue weighted by Crippen LogP contribution is 2.11. The van der Waals surface area contributed by atoms with Crippen molar-refractivity contribution in [1.82, 2.24) is 23.9 Å². The van der Waals surface area contributed by atoms with Gasteiger partial charge in [0.2, 0.25) is 5.91 Å². The smallest absolute Gasteiger partial charge is 0.270 e. The van der Waals surface area contributed by atoms with Crippen LogP contribution in [0.3, 0.4) is 0 Å². The van der Waals surface area contributed by atoms with E-state index in [1.54, 1.807) is 6.20 Å². The molecule has 0 atom stereocenters. The molecule has 1 fully saturated rings. The minimum atomic E-state index is 0.0396. The van der Waals surface area contributed by atoms with E-state index >= 15 is 0 Å². The lowest BCUT2D eigenvalue weighted by atomic mass is 10.3. The summed E-state index contributed by atoms with van der Waals surface area (Å²) in [7, 11) is 1.88. The van der Waals surface area contributed by atoms with Crippen molar-refractivity contribution in [3.63, 3.8) is 0 Å². The van der Waals surface area contributed by atoms with E-state index in [9.17, 15) is 9.59 Å². The van der Waals surface area contributed by atoms with Gasteiger partial charge in [-0.25, -0.2) is 4.98 Å². The standard InChI is InChI=1S/C19H27N5O2/c1-3-17-20-8-13-22(17)12-7-18(25)23-10-5-11-24(15-14-23)19(26)16-6-4-9-21(16)2/h4,6,8-9,13H,3,5,7,10-12,14-15H2,1-2H3. The number of hydrogen-bond donors (Lipinski definition) is 0. The summed E-state index contributed by atoms with van der Waals surface area (Å²) in [5.41, 5.74) is 0.692. The van der Waals surface area contributed by atoms with Crippen LogP contribution in [0.15, 0.2) is 30.7 Å². The fraction of sp³-hybridized carbons (Fsp3) is 0.526. The molecule has 1 aliphatic rings. The van der Waals surface area contributed by atoms with Crippen molar-refractivity contribution in [2.24, 2.45) is 7.05 Å². The van der Waals surface area contributed by atoms with Gasteiger partial charge in [0.1, 0.15) is 11.5 Å². The molecular formula is C19H27N5O2. The van der Waals surface area contributed by atoms with Crippen LogP contribution in [0, 0.1) is 0 Å². The van der Waals surface area contributed by atoms with Crippen LogP contribution >= 0.6 is 0 Å². The zero-order valence-corrected chi connectivity index (χ0v) is 15.6. The van der Waals surface area contributed by atoms with Crippen LogP contribution in [-0.2, 0) is 24.8 Å². The van der Waals surface area contributed by atoms with Gasteiger partial charge in [0, 0.05) is 71.2 Å². The second-order valence-corrected chi connectivity index (χ2v) is 6.67. The van der Waals surface area contributed by atoms with Gasteiger partial charge in [-0.05, 0) is 18.6 Å². The molecule has 0 N–H and O–H groups in total. The third kappa shape index (κ3) is 3.98. The first-order chi connectivity index (χ1) is 12.6. The van der Waals surface area contributed by atoms with Gasteiger partial charge < -0.3 is 18.9 Å². The van der Waals surface area contributed by atoms with E-state index in [-0.39, 0.29) is 11.8 Å². The van der Waals surface area contributed by atoms with Gasteiger partial charge in [-0.2, -0.15) is 0 Å². The van der Waals surface area contributed by atoms with Crippen LogP contribution < -0.4 is 0 Å². The Morgan fingerprint density at radius 2 is 1.88 bits per heavy atom. The van der Waals surface area contributed by atoms with Crippen molar-refractivity contribution >= 4 is 11.8 Å². The Kier molecular flexibility index (Phi) is 5.75. The van der Waals surface area contributed by atoms with Crippen LogP contribution in [0.1, 0.15) is 36.1 Å². The van der Waals surface area contributed by atoms with E-state index in [4.69, 9.17) is 0 Å². The quantitative estimate of drug-likeness (QED) is 0.816. The number of aromatic nitrogens is 3. The summed E-state index contributed by atoms with van der Waals surface area (Å²) < 4.78 is 3.88. The maximum absolute atomic E-state index is 12.7. The Bertz CT molecular complexity index is 764. The summed E-state index contributed by atoms with van der Waals surface area (Å²) in [5.74, 6) is 1.19. The fourth-order valence-electron chi connectivity index (χ4n) is 3.45. The van der Waals surface area contributed by atoms with Crippen molar-refractivity contribution in [1.29, 1.82) is 0 Å². The highest BCUT2D eigenvalue weighted by molar-refractivity contribution is 5.92. The third-order valence-corrected chi connectivity index (χ3v) is 4.98. The number of carbonyl (C=O) groups is 2. The Balaban J connectivity index is 1.54. The molecule has 0 spiro atoms. The molecule has 3 rings (SSSR count). The molecule has 2 aromatic heterocycles. The number of rotatable bonds is 5. The van der Waals surface area contributed by atoms with Gasteiger partial charge in [0.15, 0.2) is 0 Å². The molecule has 26 heavy (non-hydrogen) atoms. The molecule has 1 aliphatic heterocycles. The molecule has 0 saturated carbocycles. The molecule has 0 radical (unpaired) electrons. The van der Waals surface area contributed by atoms with E-state index in [1.165, 1.54) is 0 Å². The van der Waals surface area contributed by atoms with Crippen LogP contribution in [0.25, 0.3) is 0 Å². The number of aryl methyl sites for hydroxylation is 3. The van der Waals surface area contributed by atoms with E-state index in [0.717, 1.165) is 18.7 Å². The Labute approximate surface area is 154 Å². The van der Waals surface area contributed by atoms with Gasteiger partial charge >= 0.3 is 0 Å². The molecule has 1 saturated heterocycles. The predicted octanol–water partition coefficient (Wildman–Crippen LogP) is 1.55. The molecule has 7 nitrogen and oxygen atoms in total. The van der Waals surface area contributed by atoms with Gasteiger partial charge in [-0.3, -0.25) is 9.59 Å². The van der Waals surface area contributed by atoms with E-state index in [0.29, 0.717) is 44.8 Å². The highest BCUT2D eigenvalue weighted by Gasteiger charge is 2.23. The summed E-state index contributed by atoms with van der Waals surface area (Å²) in [6, 6.07) is 3.72. The maximum atomic E-state index is 12.7. The summed E-state index contributed by atoms with van der Waals surface area (Å²) in [6.07, 6.45) is 7.72. The molecule has 140 valence electrons. The Hall–Kier alpha value is -2.57. The normalized spacial score (nSPS) is 15.2. The SMILES string of the molecule is CCc1nccn1CCC(=O)N1CCCN(C(=O)c2cccn2C)CC1. The minimum Gasteiger partial charge on any atom is -0.347 e. The lowest BCUT2D eigenvalue weighted by Gasteiger charge is -2.22. The fourth-order valence-corrected chi connectivity index (χ4v) is 3.45. The number of amides is 2. The van der Waals surface area contributed by atoms with Crippen molar-refractivity contribution in [2.75, 3.05) is 26.2 Å². The van der Waals surface area contributed by atoms with Crippen molar-refractivity contribution in [3.8, 4) is 0 Å². The summed E-state index contributed by atoms with van der Waals surface area (Å²) >= 11 is 0. The molecule has 0 bridgehead atoms. The molecule has 7 heteroatoms. The van der Waals surface area contributed by atoms with Gasteiger partial charge in [-0.1, -0.05) is 6.92 Å². The Morgan fingerprint density at radius 3 is 2.62 bits per heavy atom. The van der Waals surface area contributed by atoms with Gasteiger partial charge in [-0.15, -0.1) is 0 Å². The number of carbonyl (C=O) groups excluding carboxylic acids is 2. The van der Waals surface area contributed by atoms with E-state index in [1.807, 2.05) is 50.5 Å². The second kappa shape index (κ2) is 8.21. The van der Waals surface area contributed by atoms with Crippen LogP contribution in [0.5, 0.6) is 0 Å². The average Bonchev–Trinajstić information content (AvgIpc) is 3.20. The molecule has 3 heterocycles. The summed E-state index contributed by atoms with van der Waals surface area (Å²) in [6.45, 7) is 5.30. The number of hydrogen-bond acceptors (Lipinski definition) is 3. The zero-order chi connectivity index (χ0) is 18.5. The first-order valence-corrected chi connectivity index (χ1v) is 9.28. The molecule has 0 aliphatic carbocycles. The summed E-state index contributed by atoms with van der Waals surface area (Å²) in [5, 5.41) is 0. The molecule has 0 aromatic carbocycles. The number of nitrogens with zero attached hydrogens (tertiary/aromatic N) is 5. The van der Waals surface area contributed by atoms with E-state index < -0.39 is 0 Å². The molecular weight excluding hydrogens is 330 g/mol. The molecule has 2 aromatic rings. The summed E-state index contributed by atoms with van der Waals surface area (Å²) in [4.78, 5) is 33.3. The van der Waals surface area contributed by atoms with Crippen LogP contribution in [0.4, 0.5) is 0 Å².